The van der Waals surface area contributed by atoms with Crippen molar-refractivity contribution in [2.24, 2.45) is 0 Å². The van der Waals surface area contributed by atoms with Crippen LogP contribution in [0, 0.1) is 0 Å². The second-order valence-corrected chi connectivity index (χ2v) is 3.38. The molecule has 0 atom stereocenters. The number of para-hydroxylation sites is 1. The molecular weight excluding hydrogens is 232 g/mol. The molecule has 0 radical (unpaired) electrons. The van der Waals surface area contributed by atoms with Crippen LogP contribution in [0.3, 0.4) is 0 Å². The third kappa shape index (κ3) is 4.44. The molecule has 1 aromatic carbocycles. The molecule has 0 N–H and O–H groups in total. The van der Waals surface area contributed by atoms with E-state index in [1.165, 1.54) is 5.39 Å². The van der Waals surface area contributed by atoms with E-state index in [0.29, 0.717) is 0 Å². The summed E-state index contributed by atoms with van der Waals surface area (Å²) in [6.07, 6.45) is 8.10. The first-order valence-corrected chi connectivity index (χ1v) is 7.13. The normalized spacial score (nSPS) is 10.2. The Labute approximate surface area is 117 Å². The Morgan fingerprint density at radius 2 is 1.42 bits per heavy atom. The van der Waals surface area contributed by atoms with Crippen molar-refractivity contribution in [3.63, 3.8) is 0 Å². The summed E-state index contributed by atoms with van der Waals surface area (Å²) in [6.45, 7) is 12.0. The van der Waals surface area contributed by atoms with Crippen LogP contribution in [0.4, 0.5) is 0 Å². The molecule has 0 fully saturated rings. The first kappa shape index (κ1) is 17.2. The van der Waals surface area contributed by atoms with Gasteiger partial charge in [-0.15, -0.1) is 0 Å². The lowest BCUT2D eigenvalue weighted by Crippen LogP contribution is -1.72. The smallest absolute Gasteiger partial charge is 0.135 e. The fraction of sp³-hybridized carbons (Fsp3) is 0.333. The molecule has 19 heavy (non-hydrogen) atoms. The minimum atomic E-state index is 0.928. The minimum absolute atomic E-state index is 0.928. The second-order valence-electron chi connectivity index (χ2n) is 3.38. The number of hydrogen-bond donors (Lipinski definition) is 0. The van der Waals surface area contributed by atoms with Crippen LogP contribution in [0.1, 0.15) is 52.9 Å². The van der Waals surface area contributed by atoms with Gasteiger partial charge in [0, 0.05) is 10.9 Å². The lowest BCUT2D eigenvalue weighted by atomic mass is 10.1. The van der Waals surface area contributed by atoms with Crippen molar-refractivity contribution < 1.29 is 4.42 Å². The summed E-state index contributed by atoms with van der Waals surface area (Å²) < 4.78 is 5.75. The lowest BCUT2D eigenvalue weighted by molar-refractivity contribution is 0.603. The van der Waals surface area contributed by atoms with Crippen LogP contribution in [-0.2, 0) is 0 Å². The van der Waals surface area contributed by atoms with E-state index in [-0.39, 0.29) is 0 Å². The average Bonchev–Trinajstić information content (AvgIpc) is 2.82. The van der Waals surface area contributed by atoms with Gasteiger partial charge in [0.2, 0.25) is 0 Å². The Kier molecular flexibility index (Phi) is 9.25. The SMILES string of the molecule is C/C=C\c1c(/C=C/C)oc2ccccc12.CC.CC. The molecule has 0 saturated carbocycles. The molecule has 1 aromatic heterocycles. The van der Waals surface area contributed by atoms with Gasteiger partial charge in [0.15, 0.2) is 0 Å². The molecule has 0 aliphatic carbocycles. The number of allylic oxidation sites excluding steroid dienone is 2. The van der Waals surface area contributed by atoms with E-state index in [1.54, 1.807) is 0 Å². The molecule has 1 heteroatoms. The van der Waals surface area contributed by atoms with Crippen molar-refractivity contribution in [1.29, 1.82) is 0 Å². The standard InChI is InChI=1S/C14H14O.2C2H6/c1-3-7-11-12-9-5-6-10-14(12)15-13(11)8-4-2;2*1-2/h3-10H,1-2H3;2*1-2H3/b7-3-,8-4+;;. The Hall–Kier alpha value is -1.76. The van der Waals surface area contributed by atoms with Crippen LogP contribution in [0.5, 0.6) is 0 Å². The Morgan fingerprint density at radius 3 is 2.00 bits per heavy atom. The summed E-state index contributed by atoms with van der Waals surface area (Å²) >= 11 is 0. The Morgan fingerprint density at radius 1 is 0.842 bits per heavy atom. The number of benzene rings is 1. The van der Waals surface area contributed by atoms with Gasteiger partial charge in [-0.25, -0.2) is 0 Å². The van der Waals surface area contributed by atoms with Gasteiger partial charge < -0.3 is 4.42 Å². The highest BCUT2D eigenvalue weighted by Crippen LogP contribution is 2.27. The highest BCUT2D eigenvalue weighted by molar-refractivity contribution is 5.90. The summed E-state index contributed by atoms with van der Waals surface area (Å²) in [5, 5.41) is 1.17. The van der Waals surface area contributed by atoms with Crippen LogP contribution in [0.15, 0.2) is 40.8 Å². The Bertz CT molecular complexity index is 515. The van der Waals surface area contributed by atoms with Crippen molar-refractivity contribution in [2.75, 3.05) is 0 Å². The van der Waals surface area contributed by atoms with Crippen molar-refractivity contribution in [3.8, 4) is 0 Å². The third-order valence-corrected chi connectivity index (χ3v) is 2.31. The molecule has 0 spiro atoms. The molecule has 1 nitrogen and oxygen atoms in total. The van der Waals surface area contributed by atoms with E-state index < -0.39 is 0 Å². The maximum absolute atomic E-state index is 5.75. The predicted octanol–water partition coefficient (Wildman–Crippen LogP) is 6.55. The molecule has 104 valence electrons. The fourth-order valence-corrected chi connectivity index (χ4v) is 1.70. The molecular formula is C18H26O. The zero-order chi connectivity index (χ0) is 14.7. The highest BCUT2D eigenvalue weighted by atomic mass is 16.3. The van der Waals surface area contributed by atoms with E-state index >= 15 is 0 Å². The number of hydrogen-bond acceptors (Lipinski definition) is 1. The third-order valence-electron chi connectivity index (χ3n) is 2.31. The van der Waals surface area contributed by atoms with E-state index in [0.717, 1.165) is 16.9 Å². The van der Waals surface area contributed by atoms with Gasteiger partial charge in [0.1, 0.15) is 11.3 Å². The van der Waals surface area contributed by atoms with Gasteiger partial charge in [0.05, 0.1) is 0 Å². The van der Waals surface area contributed by atoms with E-state index in [2.05, 4.69) is 12.1 Å². The minimum Gasteiger partial charge on any atom is -0.456 e. The summed E-state index contributed by atoms with van der Waals surface area (Å²) in [5.41, 5.74) is 2.10. The van der Waals surface area contributed by atoms with Gasteiger partial charge in [-0.2, -0.15) is 0 Å². The molecule has 0 amide bonds. The Balaban J connectivity index is 0.000000741. The maximum atomic E-state index is 5.75. The molecule has 0 bridgehead atoms. The van der Waals surface area contributed by atoms with Crippen LogP contribution in [0.2, 0.25) is 0 Å². The van der Waals surface area contributed by atoms with Gasteiger partial charge in [0.25, 0.3) is 0 Å². The molecule has 0 aliphatic heterocycles. The van der Waals surface area contributed by atoms with Crippen LogP contribution in [-0.4, -0.2) is 0 Å². The van der Waals surface area contributed by atoms with Gasteiger partial charge >= 0.3 is 0 Å². The van der Waals surface area contributed by atoms with Crippen LogP contribution < -0.4 is 0 Å². The van der Waals surface area contributed by atoms with Gasteiger partial charge in [-0.05, 0) is 26.0 Å². The summed E-state index contributed by atoms with van der Waals surface area (Å²) in [5.74, 6) is 0.928. The van der Waals surface area contributed by atoms with E-state index in [9.17, 15) is 0 Å². The van der Waals surface area contributed by atoms with Gasteiger partial charge in [-0.1, -0.05) is 64.1 Å². The number of furan rings is 1. The van der Waals surface area contributed by atoms with Crippen molar-refractivity contribution in [3.05, 3.63) is 47.7 Å². The van der Waals surface area contributed by atoms with Crippen LogP contribution >= 0.6 is 0 Å². The van der Waals surface area contributed by atoms with Crippen LogP contribution in [0.25, 0.3) is 23.1 Å². The predicted molar refractivity (Wildman–Crippen MR) is 88.3 cm³/mol. The highest BCUT2D eigenvalue weighted by Gasteiger charge is 2.07. The number of rotatable bonds is 2. The van der Waals surface area contributed by atoms with Crippen molar-refractivity contribution >= 4 is 23.1 Å². The summed E-state index contributed by atoms with van der Waals surface area (Å²) in [6, 6.07) is 8.10. The first-order chi connectivity index (χ1) is 9.36. The number of fused-ring (bicyclic) bond motifs is 1. The monoisotopic (exact) mass is 258 g/mol. The summed E-state index contributed by atoms with van der Waals surface area (Å²) in [7, 11) is 0. The zero-order valence-electron chi connectivity index (χ0n) is 13.0. The molecule has 0 aliphatic rings. The molecule has 2 aromatic rings. The zero-order valence-corrected chi connectivity index (χ0v) is 13.0. The summed E-state index contributed by atoms with van der Waals surface area (Å²) in [4.78, 5) is 0. The van der Waals surface area contributed by atoms with Gasteiger partial charge in [-0.3, -0.25) is 0 Å². The van der Waals surface area contributed by atoms with E-state index in [1.807, 2.05) is 78.0 Å². The second kappa shape index (κ2) is 10.2. The largest absolute Gasteiger partial charge is 0.456 e. The topological polar surface area (TPSA) is 13.1 Å². The molecule has 2 rings (SSSR count). The fourth-order valence-electron chi connectivity index (χ4n) is 1.70. The first-order valence-electron chi connectivity index (χ1n) is 7.13. The van der Waals surface area contributed by atoms with Crippen molar-refractivity contribution in [1.82, 2.24) is 0 Å². The molecule has 0 saturated heterocycles. The lowest BCUT2D eigenvalue weighted by Gasteiger charge is -1.89. The molecule has 0 unspecified atom stereocenters. The van der Waals surface area contributed by atoms with Crippen molar-refractivity contribution in [2.45, 2.75) is 41.5 Å². The quantitative estimate of drug-likeness (QED) is 0.595. The van der Waals surface area contributed by atoms with E-state index in [4.69, 9.17) is 4.42 Å². The maximum Gasteiger partial charge on any atom is 0.135 e. The molecule has 1 heterocycles. The average molecular weight is 258 g/mol.